The Morgan fingerprint density at radius 1 is 1.19 bits per heavy atom. The van der Waals surface area contributed by atoms with Gasteiger partial charge in [-0.2, -0.15) is 0 Å². The van der Waals surface area contributed by atoms with Gasteiger partial charge in [0.05, 0.1) is 5.02 Å². The van der Waals surface area contributed by atoms with E-state index in [1.165, 1.54) is 36.6 Å². The molecule has 0 aliphatic heterocycles. The fourth-order valence-corrected chi connectivity index (χ4v) is 3.00. The number of hydrogen-bond acceptors (Lipinski definition) is 6. The number of rotatable bonds is 4. The molecule has 0 amide bonds. The predicted octanol–water partition coefficient (Wildman–Crippen LogP) is 3.50. The third-order valence-corrected chi connectivity index (χ3v) is 3.91. The van der Waals surface area contributed by atoms with Gasteiger partial charge in [-0.3, -0.25) is 18.8 Å². The Morgan fingerprint density at radius 2 is 1.88 bits per heavy atom. The molecule has 3 aromatic rings. The summed E-state index contributed by atoms with van der Waals surface area (Å²) in [4.78, 5) is 36.1. The van der Waals surface area contributed by atoms with Crippen molar-refractivity contribution < 1.29 is 23.5 Å². The average Bonchev–Trinajstić information content (AvgIpc) is 2.90. The van der Waals surface area contributed by atoms with Crippen molar-refractivity contribution in [1.82, 2.24) is 4.40 Å². The fourth-order valence-electron chi connectivity index (χ4n) is 2.81. The molecule has 0 saturated heterocycles. The molecule has 0 atom stereocenters. The number of halogens is 1. The summed E-state index contributed by atoms with van der Waals surface area (Å²) in [5, 5.41) is 0.406. The van der Waals surface area contributed by atoms with Crippen LogP contribution in [-0.2, 0) is 16.0 Å². The molecule has 3 rings (SSSR count). The monoisotopic (exact) mass is 377 g/mol. The number of esters is 2. The summed E-state index contributed by atoms with van der Waals surface area (Å²) in [6, 6.07) is 2.94. The lowest BCUT2D eigenvalue weighted by Gasteiger charge is -2.15. The highest BCUT2D eigenvalue weighted by molar-refractivity contribution is 6.30. The molecule has 7 nitrogen and oxygen atoms in total. The topological polar surface area (TPSA) is 87.2 Å². The van der Waals surface area contributed by atoms with Crippen LogP contribution in [0, 0.1) is 0 Å². The number of fused-ring (bicyclic) bond motifs is 2. The summed E-state index contributed by atoms with van der Waals surface area (Å²) >= 11 is 5.96. The van der Waals surface area contributed by atoms with Crippen LogP contribution in [0.25, 0.3) is 16.7 Å². The second-order valence-electron chi connectivity index (χ2n) is 5.77. The predicted molar refractivity (Wildman–Crippen MR) is 95.1 cm³/mol. The first-order valence-electron chi connectivity index (χ1n) is 7.99. The normalized spacial score (nSPS) is 11.1. The molecule has 0 saturated carbocycles. The van der Waals surface area contributed by atoms with E-state index in [4.69, 9.17) is 25.5 Å². The van der Waals surface area contributed by atoms with E-state index in [0.29, 0.717) is 23.4 Å². The lowest BCUT2D eigenvalue weighted by atomic mass is 10.0. The second-order valence-corrected chi connectivity index (χ2v) is 6.20. The maximum atomic E-state index is 12.9. The SMILES string of the molecule is CCCc1c(OC(C)=O)cc2oc3cc(Cl)cn3c(=O)c2c1OC(C)=O. The van der Waals surface area contributed by atoms with Crippen LogP contribution >= 0.6 is 11.6 Å². The van der Waals surface area contributed by atoms with E-state index in [-0.39, 0.29) is 28.2 Å². The zero-order chi connectivity index (χ0) is 19.0. The summed E-state index contributed by atoms with van der Waals surface area (Å²) < 4.78 is 17.6. The molecule has 0 bridgehead atoms. The molecule has 0 spiro atoms. The van der Waals surface area contributed by atoms with Gasteiger partial charge in [0.2, 0.25) is 5.71 Å². The van der Waals surface area contributed by atoms with Crippen LogP contribution in [0.15, 0.2) is 27.5 Å². The Balaban J connectivity index is 2.47. The standard InChI is InChI=1S/C18H16ClNO6/c1-4-5-12-13(24-9(2)21)7-14-16(17(12)25-10(3)22)18(23)20-8-11(19)6-15(20)26-14/h6-8H,4-5H2,1-3H3. The van der Waals surface area contributed by atoms with E-state index in [2.05, 4.69) is 0 Å². The summed E-state index contributed by atoms with van der Waals surface area (Å²) in [5.74, 6) is -0.917. The molecule has 2 heterocycles. The van der Waals surface area contributed by atoms with E-state index in [1.54, 1.807) is 0 Å². The zero-order valence-corrected chi connectivity index (χ0v) is 15.2. The number of carbonyl (C=O) groups is 2. The molecule has 2 aromatic heterocycles. The van der Waals surface area contributed by atoms with Crippen LogP contribution in [0.3, 0.4) is 0 Å². The van der Waals surface area contributed by atoms with E-state index in [1.807, 2.05) is 6.92 Å². The minimum absolute atomic E-state index is 0.0357. The van der Waals surface area contributed by atoms with Gasteiger partial charge >= 0.3 is 11.9 Å². The van der Waals surface area contributed by atoms with Crippen molar-refractivity contribution in [3.05, 3.63) is 39.3 Å². The van der Waals surface area contributed by atoms with Gasteiger partial charge in [0, 0.05) is 37.7 Å². The summed E-state index contributed by atoms with van der Waals surface area (Å²) in [6.45, 7) is 4.40. The molecule has 0 aliphatic rings. The number of benzene rings is 1. The van der Waals surface area contributed by atoms with Gasteiger partial charge in [-0.05, 0) is 6.42 Å². The summed E-state index contributed by atoms with van der Waals surface area (Å²) in [5.41, 5.74) is 0.356. The van der Waals surface area contributed by atoms with Crippen molar-refractivity contribution in [3.8, 4) is 11.5 Å². The number of nitrogens with zero attached hydrogens (tertiary/aromatic N) is 1. The highest BCUT2D eigenvalue weighted by Crippen LogP contribution is 2.37. The van der Waals surface area contributed by atoms with Gasteiger partial charge in [0.25, 0.3) is 5.56 Å². The molecule has 0 N–H and O–H groups in total. The fraction of sp³-hybridized carbons (Fsp3) is 0.278. The van der Waals surface area contributed by atoms with E-state index in [0.717, 1.165) is 0 Å². The molecule has 26 heavy (non-hydrogen) atoms. The highest BCUT2D eigenvalue weighted by Gasteiger charge is 2.23. The first-order valence-corrected chi connectivity index (χ1v) is 8.36. The Kier molecular flexibility index (Phi) is 4.73. The number of hydrogen-bond donors (Lipinski definition) is 0. The van der Waals surface area contributed by atoms with Crippen molar-refractivity contribution in [2.75, 3.05) is 0 Å². The van der Waals surface area contributed by atoms with Gasteiger partial charge < -0.3 is 13.9 Å². The van der Waals surface area contributed by atoms with E-state index >= 15 is 0 Å². The van der Waals surface area contributed by atoms with Gasteiger partial charge in [0.1, 0.15) is 16.7 Å². The average molecular weight is 378 g/mol. The second kappa shape index (κ2) is 6.84. The van der Waals surface area contributed by atoms with Crippen molar-refractivity contribution in [2.24, 2.45) is 0 Å². The van der Waals surface area contributed by atoms with E-state index < -0.39 is 17.5 Å². The van der Waals surface area contributed by atoms with Crippen LogP contribution < -0.4 is 15.0 Å². The lowest BCUT2D eigenvalue weighted by molar-refractivity contribution is -0.132. The summed E-state index contributed by atoms with van der Waals surface area (Å²) in [7, 11) is 0. The first-order chi connectivity index (χ1) is 12.3. The van der Waals surface area contributed by atoms with Crippen molar-refractivity contribution in [3.63, 3.8) is 0 Å². The van der Waals surface area contributed by atoms with Crippen molar-refractivity contribution >= 4 is 40.2 Å². The number of ether oxygens (including phenoxy) is 2. The maximum Gasteiger partial charge on any atom is 0.308 e. The van der Waals surface area contributed by atoms with Crippen LogP contribution in [0.5, 0.6) is 11.5 Å². The van der Waals surface area contributed by atoms with E-state index in [9.17, 15) is 14.4 Å². The van der Waals surface area contributed by atoms with Crippen LogP contribution in [0.4, 0.5) is 0 Å². The Labute approximate surface area is 153 Å². The molecule has 136 valence electrons. The molecule has 8 heteroatoms. The molecule has 0 aliphatic carbocycles. The van der Waals surface area contributed by atoms with Crippen LogP contribution in [0.2, 0.25) is 5.02 Å². The Morgan fingerprint density at radius 3 is 2.50 bits per heavy atom. The Hall–Kier alpha value is -2.80. The van der Waals surface area contributed by atoms with Crippen LogP contribution in [-0.4, -0.2) is 16.3 Å². The van der Waals surface area contributed by atoms with Gasteiger partial charge in [-0.15, -0.1) is 0 Å². The third-order valence-electron chi connectivity index (χ3n) is 3.71. The van der Waals surface area contributed by atoms with Crippen LogP contribution in [0.1, 0.15) is 32.8 Å². The van der Waals surface area contributed by atoms with Gasteiger partial charge in [-0.1, -0.05) is 24.9 Å². The minimum atomic E-state index is -0.603. The number of aromatic nitrogens is 1. The number of carbonyl (C=O) groups excluding carboxylic acids is 2. The minimum Gasteiger partial charge on any atom is -0.439 e. The molecular formula is C18H16ClNO6. The summed E-state index contributed by atoms with van der Waals surface area (Å²) in [6.07, 6.45) is 2.53. The Bertz CT molecular complexity index is 1090. The highest BCUT2D eigenvalue weighted by atomic mass is 35.5. The smallest absolute Gasteiger partial charge is 0.308 e. The van der Waals surface area contributed by atoms with Gasteiger partial charge in [0.15, 0.2) is 5.75 Å². The maximum absolute atomic E-state index is 12.9. The molecule has 0 radical (unpaired) electrons. The zero-order valence-electron chi connectivity index (χ0n) is 14.4. The third kappa shape index (κ3) is 3.17. The molecule has 0 fully saturated rings. The lowest BCUT2D eigenvalue weighted by Crippen LogP contribution is -2.16. The molecule has 0 unspecified atom stereocenters. The molecular weight excluding hydrogens is 362 g/mol. The molecule has 1 aromatic carbocycles. The first kappa shape index (κ1) is 18.0. The van der Waals surface area contributed by atoms with Gasteiger partial charge in [-0.25, -0.2) is 0 Å². The largest absolute Gasteiger partial charge is 0.439 e. The van der Waals surface area contributed by atoms with Crippen molar-refractivity contribution in [1.29, 1.82) is 0 Å². The van der Waals surface area contributed by atoms with Crippen molar-refractivity contribution in [2.45, 2.75) is 33.6 Å². The quantitative estimate of drug-likeness (QED) is 0.510.